The Kier molecular flexibility index (Phi) is 7.29. The zero-order valence-electron chi connectivity index (χ0n) is 17.4. The van der Waals surface area contributed by atoms with E-state index >= 15 is 0 Å². The molecule has 174 valence electrons. The number of nitrogens with one attached hydrogen (secondary N) is 1. The lowest BCUT2D eigenvalue weighted by Crippen LogP contribution is -2.48. The zero-order valence-corrected chi connectivity index (χ0v) is 17.4. The van der Waals surface area contributed by atoms with Crippen LogP contribution in [0.25, 0.3) is 11.3 Å². The molecule has 0 spiro atoms. The number of hydrogen-bond acceptors (Lipinski definition) is 7. The smallest absolute Gasteiger partial charge is 0.268 e. The molecule has 0 bridgehead atoms. The first kappa shape index (κ1) is 23.9. The maximum Gasteiger partial charge on any atom is 0.268 e. The Morgan fingerprint density at radius 3 is 2.47 bits per heavy atom. The van der Waals surface area contributed by atoms with E-state index in [9.17, 15) is 27.5 Å². The van der Waals surface area contributed by atoms with Gasteiger partial charge in [0.2, 0.25) is 0 Å². The SMILES string of the molecule is CCOCOc1cccc(C=O)c1-c1nnc(NC2CC(C)(O)C2)c(C(F)F)c1C(F)F. The zero-order chi connectivity index (χ0) is 23.5. The van der Waals surface area contributed by atoms with E-state index < -0.39 is 47.1 Å². The number of halogens is 4. The Hall–Kier alpha value is -2.79. The lowest BCUT2D eigenvalue weighted by atomic mass is 9.77. The molecule has 7 nitrogen and oxygen atoms in total. The van der Waals surface area contributed by atoms with Crippen molar-refractivity contribution in [3.8, 4) is 17.0 Å². The highest BCUT2D eigenvalue weighted by Gasteiger charge is 2.40. The molecule has 0 saturated heterocycles. The van der Waals surface area contributed by atoms with Crippen LogP contribution in [0.2, 0.25) is 0 Å². The van der Waals surface area contributed by atoms with E-state index in [1.54, 1.807) is 13.8 Å². The third-order valence-corrected chi connectivity index (χ3v) is 5.12. The van der Waals surface area contributed by atoms with Crippen molar-refractivity contribution < 1.29 is 36.9 Å². The van der Waals surface area contributed by atoms with Gasteiger partial charge in [0.15, 0.2) is 18.9 Å². The van der Waals surface area contributed by atoms with Crippen LogP contribution in [-0.2, 0) is 4.74 Å². The minimum Gasteiger partial charge on any atom is -0.467 e. The summed E-state index contributed by atoms with van der Waals surface area (Å²) < 4.78 is 66.7. The Balaban J connectivity index is 2.13. The second-order valence-corrected chi connectivity index (χ2v) is 7.67. The Morgan fingerprint density at radius 2 is 1.91 bits per heavy atom. The molecule has 0 amide bonds. The van der Waals surface area contributed by atoms with Crippen LogP contribution in [0, 0.1) is 0 Å². The number of carbonyl (C=O) groups is 1. The number of anilines is 1. The van der Waals surface area contributed by atoms with Crippen LogP contribution in [0.4, 0.5) is 23.4 Å². The number of aliphatic hydroxyl groups is 1. The third kappa shape index (κ3) is 4.99. The van der Waals surface area contributed by atoms with Crippen molar-refractivity contribution >= 4 is 12.1 Å². The summed E-state index contributed by atoms with van der Waals surface area (Å²) in [6, 6.07) is 3.76. The molecule has 2 aromatic rings. The van der Waals surface area contributed by atoms with Crippen molar-refractivity contribution in [3.05, 3.63) is 34.9 Å². The predicted molar refractivity (Wildman–Crippen MR) is 107 cm³/mol. The molecular formula is C21H23F4N3O4. The molecule has 2 N–H and O–H groups in total. The molecule has 1 aromatic heterocycles. The number of ether oxygens (including phenoxy) is 2. The minimum absolute atomic E-state index is 0.0322. The summed E-state index contributed by atoms with van der Waals surface area (Å²) in [5.41, 5.74) is -3.84. The molecule has 32 heavy (non-hydrogen) atoms. The molecule has 0 atom stereocenters. The van der Waals surface area contributed by atoms with Gasteiger partial charge in [0.25, 0.3) is 12.9 Å². The van der Waals surface area contributed by atoms with Gasteiger partial charge in [0.1, 0.15) is 11.4 Å². The van der Waals surface area contributed by atoms with Crippen LogP contribution < -0.4 is 10.1 Å². The summed E-state index contributed by atoms with van der Waals surface area (Å²) in [6.45, 7) is 3.37. The fourth-order valence-corrected chi connectivity index (χ4v) is 3.70. The number of aromatic nitrogens is 2. The van der Waals surface area contributed by atoms with E-state index in [0.717, 1.165) is 0 Å². The standard InChI is InChI=1S/C21H23F4N3O4/c1-3-31-10-32-13-6-4-5-11(9-29)14(13)17-15(18(22)23)16(19(24)25)20(28-27-17)26-12-7-21(2,30)8-12/h4-6,9,12,18-19,30H,3,7-8,10H2,1-2H3,(H,26,28). The van der Waals surface area contributed by atoms with Gasteiger partial charge in [-0.15, -0.1) is 10.2 Å². The number of hydrogen-bond donors (Lipinski definition) is 2. The highest BCUT2D eigenvalue weighted by atomic mass is 19.3. The topological polar surface area (TPSA) is 93.6 Å². The van der Waals surface area contributed by atoms with Crippen LogP contribution in [0.1, 0.15) is 61.0 Å². The summed E-state index contributed by atoms with van der Waals surface area (Å²) in [5, 5.41) is 20.1. The Morgan fingerprint density at radius 1 is 1.22 bits per heavy atom. The maximum atomic E-state index is 14.1. The van der Waals surface area contributed by atoms with Gasteiger partial charge in [-0.25, -0.2) is 17.6 Å². The van der Waals surface area contributed by atoms with Crippen LogP contribution in [0.15, 0.2) is 18.2 Å². The van der Waals surface area contributed by atoms with E-state index in [1.807, 2.05) is 0 Å². The normalized spacial score (nSPS) is 20.3. The van der Waals surface area contributed by atoms with Gasteiger partial charge in [-0.3, -0.25) is 4.79 Å². The summed E-state index contributed by atoms with van der Waals surface area (Å²) in [5.74, 6) is -0.518. The average Bonchev–Trinajstić information content (AvgIpc) is 2.71. The number of rotatable bonds is 10. The molecule has 11 heteroatoms. The van der Waals surface area contributed by atoms with Crippen molar-refractivity contribution in [2.24, 2.45) is 0 Å². The molecule has 0 unspecified atom stereocenters. The number of aldehydes is 1. The monoisotopic (exact) mass is 457 g/mol. The quantitative estimate of drug-likeness (QED) is 0.234. The van der Waals surface area contributed by atoms with E-state index in [1.165, 1.54) is 18.2 Å². The van der Waals surface area contributed by atoms with Crippen LogP contribution in [0.5, 0.6) is 5.75 Å². The van der Waals surface area contributed by atoms with E-state index in [4.69, 9.17) is 9.47 Å². The largest absolute Gasteiger partial charge is 0.467 e. The fraction of sp³-hybridized carbons (Fsp3) is 0.476. The molecule has 1 aliphatic carbocycles. The van der Waals surface area contributed by atoms with Gasteiger partial charge in [0, 0.05) is 18.2 Å². The third-order valence-electron chi connectivity index (χ3n) is 5.12. The number of alkyl halides is 4. The van der Waals surface area contributed by atoms with Crippen molar-refractivity contribution in [2.45, 2.75) is 51.2 Å². The molecule has 0 aliphatic heterocycles. The number of benzene rings is 1. The van der Waals surface area contributed by atoms with Gasteiger partial charge in [-0.05, 0) is 32.8 Å². The van der Waals surface area contributed by atoms with Gasteiger partial charge in [-0.1, -0.05) is 12.1 Å². The minimum atomic E-state index is -3.34. The van der Waals surface area contributed by atoms with Crippen molar-refractivity contribution in [1.29, 1.82) is 0 Å². The first-order valence-electron chi connectivity index (χ1n) is 9.93. The highest BCUT2D eigenvalue weighted by Crippen LogP contribution is 2.44. The van der Waals surface area contributed by atoms with Crippen LogP contribution in [0.3, 0.4) is 0 Å². The molecule has 1 aliphatic rings. The summed E-state index contributed by atoms with van der Waals surface area (Å²) in [7, 11) is 0. The lowest BCUT2D eigenvalue weighted by molar-refractivity contribution is -0.0236. The molecule has 1 fully saturated rings. The number of carbonyl (C=O) groups excluding carboxylic acids is 1. The maximum absolute atomic E-state index is 14.1. The second-order valence-electron chi connectivity index (χ2n) is 7.67. The molecule has 1 aromatic carbocycles. The molecule has 0 radical (unpaired) electrons. The van der Waals surface area contributed by atoms with Gasteiger partial charge in [-0.2, -0.15) is 0 Å². The van der Waals surface area contributed by atoms with Gasteiger partial charge >= 0.3 is 0 Å². The van der Waals surface area contributed by atoms with Crippen LogP contribution in [-0.4, -0.2) is 46.6 Å². The Bertz CT molecular complexity index is 964. The lowest BCUT2D eigenvalue weighted by Gasteiger charge is -2.41. The van der Waals surface area contributed by atoms with E-state index in [0.29, 0.717) is 12.9 Å². The van der Waals surface area contributed by atoms with E-state index in [2.05, 4.69) is 15.5 Å². The Labute approximate surface area is 181 Å². The number of nitrogens with zero attached hydrogens (tertiary/aromatic N) is 2. The van der Waals surface area contributed by atoms with Crippen LogP contribution >= 0.6 is 0 Å². The fourth-order valence-electron chi connectivity index (χ4n) is 3.70. The second kappa shape index (κ2) is 9.78. The summed E-state index contributed by atoms with van der Waals surface area (Å²) in [4.78, 5) is 11.6. The first-order valence-corrected chi connectivity index (χ1v) is 9.93. The predicted octanol–water partition coefficient (Wildman–Crippen LogP) is 4.53. The average molecular weight is 457 g/mol. The summed E-state index contributed by atoms with van der Waals surface area (Å²) in [6.07, 6.45) is -5.76. The highest BCUT2D eigenvalue weighted by molar-refractivity contribution is 5.90. The van der Waals surface area contributed by atoms with Crippen molar-refractivity contribution in [1.82, 2.24) is 10.2 Å². The summed E-state index contributed by atoms with van der Waals surface area (Å²) >= 11 is 0. The molecule has 3 rings (SSSR count). The molecule has 1 heterocycles. The van der Waals surface area contributed by atoms with Crippen molar-refractivity contribution in [3.63, 3.8) is 0 Å². The molecule has 1 saturated carbocycles. The first-order chi connectivity index (χ1) is 15.2. The molecular weight excluding hydrogens is 434 g/mol. The van der Waals surface area contributed by atoms with Gasteiger partial charge in [0.05, 0.1) is 22.3 Å². The van der Waals surface area contributed by atoms with Crippen molar-refractivity contribution in [2.75, 3.05) is 18.7 Å². The van der Waals surface area contributed by atoms with Gasteiger partial charge < -0.3 is 19.9 Å². The van der Waals surface area contributed by atoms with E-state index in [-0.39, 0.29) is 36.5 Å².